The van der Waals surface area contributed by atoms with Crippen molar-refractivity contribution in [3.8, 4) is 29.6 Å². The topological polar surface area (TPSA) is 39.7 Å². The van der Waals surface area contributed by atoms with Crippen LogP contribution >= 0.6 is 0 Å². The molecule has 0 spiro atoms. The summed E-state index contributed by atoms with van der Waals surface area (Å²) < 4.78 is 16.4. The van der Waals surface area contributed by atoms with Gasteiger partial charge in [-0.05, 0) is 30.7 Å². The van der Waals surface area contributed by atoms with Gasteiger partial charge in [-0.2, -0.15) is 0 Å². The lowest BCUT2D eigenvalue weighted by molar-refractivity contribution is 0.280. The third kappa shape index (κ3) is 4.67. The third-order valence-corrected chi connectivity index (χ3v) is 2.77. The van der Waals surface area contributed by atoms with Gasteiger partial charge in [0.15, 0.2) is 11.5 Å². The molecule has 4 heteroatoms. The maximum absolute atomic E-state index is 5.66. The largest absolute Gasteiger partial charge is 0.493 e. The van der Waals surface area contributed by atoms with Crippen molar-refractivity contribution in [2.45, 2.75) is 26.3 Å². The zero-order valence-electron chi connectivity index (χ0n) is 12.5. The van der Waals surface area contributed by atoms with E-state index in [9.17, 15) is 0 Å². The molecule has 0 bridgehead atoms. The first-order chi connectivity index (χ1) is 9.76. The molecule has 1 aromatic carbocycles. The predicted molar refractivity (Wildman–Crippen MR) is 80.5 cm³/mol. The summed E-state index contributed by atoms with van der Waals surface area (Å²) in [6.07, 6.45) is 6.87. The Hall–Kier alpha value is -1.86. The summed E-state index contributed by atoms with van der Waals surface area (Å²) in [6.45, 7) is 4.32. The van der Waals surface area contributed by atoms with Crippen molar-refractivity contribution in [3.05, 3.63) is 17.7 Å². The van der Waals surface area contributed by atoms with Crippen LogP contribution in [0.4, 0.5) is 0 Å². The van der Waals surface area contributed by atoms with E-state index in [1.54, 1.807) is 14.2 Å². The first kappa shape index (κ1) is 16.2. The van der Waals surface area contributed by atoms with Crippen LogP contribution < -0.4 is 19.5 Å². The Bertz CT molecular complexity index is 427. The summed E-state index contributed by atoms with van der Waals surface area (Å²) in [5.74, 6) is 4.47. The van der Waals surface area contributed by atoms with Crippen molar-refractivity contribution in [2.24, 2.45) is 0 Å². The summed E-state index contributed by atoms with van der Waals surface area (Å²) >= 11 is 0. The van der Waals surface area contributed by atoms with Gasteiger partial charge in [0, 0.05) is 13.0 Å². The fourth-order valence-electron chi connectivity index (χ4n) is 1.80. The molecule has 0 saturated carbocycles. The van der Waals surface area contributed by atoms with Crippen molar-refractivity contribution in [2.75, 3.05) is 27.4 Å². The maximum atomic E-state index is 5.66. The lowest BCUT2D eigenvalue weighted by Gasteiger charge is -2.16. The molecule has 1 aromatic rings. The van der Waals surface area contributed by atoms with Gasteiger partial charge in [-0.3, -0.25) is 0 Å². The second-order valence-electron chi connectivity index (χ2n) is 4.31. The van der Waals surface area contributed by atoms with Crippen LogP contribution in [0.1, 0.15) is 25.3 Å². The first-order valence-electron chi connectivity index (χ1n) is 6.78. The number of benzene rings is 1. The van der Waals surface area contributed by atoms with E-state index in [4.69, 9.17) is 20.6 Å². The highest BCUT2D eigenvalue weighted by Crippen LogP contribution is 2.38. The Kier molecular flexibility index (Phi) is 7.38. The molecule has 1 rings (SSSR count). The minimum Gasteiger partial charge on any atom is -0.493 e. The van der Waals surface area contributed by atoms with E-state index in [0.29, 0.717) is 30.3 Å². The number of rotatable bonds is 9. The van der Waals surface area contributed by atoms with Gasteiger partial charge in [0.25, 0.3) is 0 Å². The first-order valence-corrected chi connectivity index (χ1v) is 6.78. The van der Waals surface area contributed by atoms with Gasteiger partial charge in [0.1, 0.15) is 0 Å². The summed E-state index contributed by atoms with van der Waals surface area (Å²) in [7, 11) is 3.23. The van der Waals surface area contributed by atoms with Crippen LogP contribution in [0.3, 0.4) is 0 Å². The standard InChI is InChI=1S/C16H23NO3/c1-5-7-9-20-16-14(18-3)10-13(11-15(16)19-4)12-17-8-6-2/h1,10-11,17H,6-9,12H2,2-4H3. The Morgan fingerprint density at radius 1 is 1.20 bits per heavy atom. The van der Waals surface area contributed by atoms with Crippen LogP contribution in [-0.2, 0) is 6.54 Å². The quantitative estimate of drug-likeness (QED) is 0.556. The van der Waals surface area contributed by atoms with Gasteiger partial charge >= 0.3 is 0 Å². The van der Waals surface area contributed by atoms with Gasteiger partial charge in [0.2, 0.25) is 5.75 Å². The van der Waals surface area contributed by atoms with Crippen molar-refractivity contribution in [1.29, 1.82) is 0 Å². The van der Waals surface area contributed by atoms with Gasteiger partial charge in [-0.15, -0.1) is 12.3 Å². The van der Waals surface area contributed by atoms with Crippen LogP contribution in [0.2, 0.25) is 0 Å². The molecule has 0 heterocycles. The predicted octanol–water partition coefficient (Wildman–Crippen LogP) is 2.61. The number of hydrogen-bond donors (Lipinski definition) is 1. The molecular formula is C16H23NO3. The van der Waals surface area contributed by atoms with E-state index in [2.05, 4.69) is 18.2 Å². The van der Waals surface area contributed by atoms with Crippen molar-refractivity contribution < 1.29 is 14.2 Å². The average molecular weight is 277 g/mol. The minimum atomic E-state index is 0.441. The lowest BCUT2D eigenvalue weighted by atomic mass is 10.1. The van der Waals surface area contributed by atoms with Crippen molar-refractivity contribution in [3.63, 3.8) is 0 Å². The maximum Gasteiger partial charge on any atom is 0.203 e. The molecule has 0 fully saturated rings. The smallest absolute Gasteiger partial charge is 0.203 e. The molecule has 0 aliphatic carbocycles. The normalized spacial score (nSPS) is 9.90. The number of terminal acetylenes is 1. The molecule has 20 heavy (non-hydrogen) atoms. The van der Waals surface area contributed by atoms with Crippen molar-refractivity contribution >= 4 is 0 Å². The second-order valence-corrected chi connectivity index (χ2v) is 4.31. The van der Waals surface area contributed by atoms with E-state index in [0.717, 1.165) is 25.1 Å². The van der Waals surface area contributed by atoms with E-state index < -0.39 is 0 Å². The molecule has 4 nitrogen and oxygen atoms in total. The number of methoxy groups -OCH3 is 2. The SMILES string of the molecule is C#CCCOc1c(OC)cc(CNCCC)cc1OC. The van der Waals surface area contributed by atoms with Crippen molar-refractivity contribution in [1.82, 2.24) is 5.32 Å². The molecule has 110 valence electrons. The van der Waals surface area contributed by atoms with Crippen LogP contribution in [0.5, 0.6) is 17.2 Å². The summed E-state index contributed by atoms with van der Waals surface area (Å²) in [4.78, 5) is 0. The molecular weight excluding hydrogens is 254 g/mol. The molecule has 1 N–H and O–H groups in total. The van der Waals surface area contributed by atoms with Gasteiger partial charge in [0.05, 0.1) is 20.8 Å². The number of hydrogen-bond acceptors (Lipinski definition) is 4. The highest BCUT2D eigenvalue weighted by Gasteiger charge is 2.13. The Morgan fingerprint density at radius 3 is 2.35 bits per heavy atom. The Labute approximate surface area is 121 Å². The molecule has 0 amide bonds. The monoisotopic (exact) mass is 277 g/mol. The molecule has 0 saturated heterocycles. The van der Waals surface area contributed by atoms with Crippen LogP contribution in [0.15, 0.2) is 12.1 Å². The molecule has 0 aromatic heterocycles. The van der Waals surface area contributed by atoms with Gasteiger partial charge in [-0.1, -0.05) is 6.92 Å². The highest BCUT2D eigenvalue weighted by molar-refractivity contribution is 5.53. The van der Waals surface area contributed by atoms with Gasteiger partial charge in [-0.25, -0.2) is 0 Å². The van der Waals surface area contributed by atoms with E-state index >= 15 is 0 Å². The van der Waals surface area contributed by atoms with Gasteiger partial charge < -0.3 is 19.5 Å². The van der Waals surface area contributed by atoms with Crippen LogP contribution in [0, 0.1) is 12.3 Å². The highest BCUT2D eigenvalue weighted by atomic mass is 16.5. The molecule has 0 aliphatic heterocycles. The zero-order valence-corrected chi connectivity index (χ0v) is 12.5. The molecule has 0 aliphatic rings. The molecule has 0 unspecified atom stereocenters. The molecule has 0 atom stereocenters. The lowest BCUT2D eigenvalue weighted by Crippen LogP contribution is -2.14. The Morgan fingerprint density at radius 2 is 1.85 bits per heavy atom. The second kappa shape index (κ2) is 9.11. The summed E-state index contributed by atoms with van der Waals surface area (Å²) in [5, 5.41) is 3.35. The van der Waals surface area contributed by atoms with E-state index in [-0.39, 0.29) is 0 Å². The zero-order chi connectivity index (χ0) is 14.8. The number of ether oxygens (including phenoxy) is 3. The minimum absolute atomic E-state index is 0.441. The number of nitrogens with one attached hydrogen (secondary N) is 1. The van der Waals surface area contributed by atoms with E-state index in [1.807, 2.05) is 12.1 Å². The fourth-order valence-corrected chi connectivity index (χ4v) is 1.80. The Balaban J connectivity index is 2.90. The summed E-state index contributed by atoms with van der Waals surface area (Å²) in [5.41, 5.74) is 1.09. The van der Waals surface area contributed by atoms with Crippen LogP contribution in [-0.4, -0.2) is 27.4 Å². The fraction of sp³-hybridized carbons (Fsp3) is 0.500. The average Bonchev–Trinajstić information content (AvgIpc) is 2.48. The van der Waals surface area contributed by atoms with Crippen LogP contribution in [0.25, 0.3) is 0 Å². The van der Waals surface area contributed by atoms with E-state index in [1.165, 1.54) is 0 Å². The third-order valence-electron chi connectivity index (χ3n) is 2.77. The summed E-state index contributed by atoms with van der Waals surface area (Å²) in [6, 6.07) is 3.91. The molecule has 0 radical (unpaired) electrons.